The number of benzene rings is 1. The largest absolute Gasteiger partial charge is 0.376 e. The lowest BCUT2D eigenvalue weighted by Gasteiger charge is -2.69. The van der Waals surface area contributed by atoms with Gasteiger partial charge in [0.15, 0.2) is 0 Å². The Morgan fingerprint density at radius 1 is 1.06 bits per heavy atom. The number of nitrogens with two attached hydrogens (primary N) is 1. The van der Waals surface area contributed by atoms with Crippen LogP contribution in [0.1, 0.15) is 76.7 Å². The summed E-state index contributed by atoms with van der Waals surface area (Å²) < 4.78 is 0. The second kappa shape index (κ2) is 8.29. The van der Waals surface area contributed by atoms with Crippen LogP contribution in [0, 0.1) is 28.6 Å². The molecule has 2 nitrogen and oxygen atoms in total. The smallest absolute Gasteiger partial charge is 0.0818 e. The van der Waals surface area contributed by atoms with E-state index < -0.39 is 0 Å². The van der Waals surface area contributed by atoms with Gasteiger partial charge in [-0.15, -0.1) is 11.6 Å². The highest BCUT2D eigenvalue weighted by molar-refractivity contribution is 7.80. The van der Waals surface area contributed by atoms with Crippen molar-refractivity contribution in [2.45, 2.75) is 82.6 Å². The van der Waals surface area contributed by atoms with Gasteiger partial charge >= 0.3 is 0 Å². The quantitative estimate of drug-likeness (QED) is 0.393. The van der Waals surface area contributed by atoms with Crippen molar-refractivity contribution in [3.63, 3.8) is 0 Å². The molecule has 4 heteroatoms. The summed E-state index contributed by atoms with van der Waals surface area (Å²) in [5.41, 5.74) is 8.31. The summed E-state index contributed by atoms with van der Waals surface area (Å²) in [7, 11) is 0. The average molecular weight is 459 g/mol. The van der Waals surface area contributed by atoms with Crippen LogP contribution >= 0.6 is 23.8 Å². The topological polar surface area (TPSA) is 38.0 Å². The molecule has 3 N–H and O–H groups in total. The van der Waals surface area contributed by atoms with Gasteiger partial charge in [-0.3, -0.25) is 0 Å². The molecule has 2 atom stereocenters. The molecular formula is C27H39ClN2S. The number of hydrogen-bond acceptors (Lipinski definition) is 2. The summed E-state index contributed by atoms with van der Waals surface area (Å²) >= 11 is 12.6. The van der Waals surface area contributed by atoms with E-state index >= 15 is 0 Å². The van der Waals surface area contributed by atoms with Gasteiger partial charge in [0.1, 0.15) is 0 Å². The molecule has 2 unspecified atom stereocenters. The summed E-state index contributed by atoms with van der Waals surface area (Å²) in [5, 5.41) is 3.91. The summed E-state index contributed by atoms with van der Waals surface area (Å²) in [6.07, 6.45) is 12.5. The van der Waals surface area contributed by atoms with Crippen molar-refractivity contribution in [2.24, 2.45) is 34.3 Å². The first-order chi connectivity index (χ1) is 14.9. The molecule has 6 rings (SSSR count). The van der Waals surface area contributed by atoms with Gasteiger partial charge in [-0.25, -0.2) is 0 Å². The third-order valence-corrected chi connectivity index (χ3v) is 10.8. The van der Waals surface area contributed by atoms with E-state index in [1.54, 1.807) is 5.56 Å². The molecule has 170 valence electrons. The van der Waals surface area contributed by atoms with Gasteiger partial charge in [-0.1, -0.05) is 49.5 Å². The van der Waals surface area contributed by atoms with Crippen molar-refractivity contribution in [3.05, 3.63) is 35.9 Å². The Kier molecular flexibility index (Phi) is 5.93. The minimum Gasteiger partial charge on any atom is -0.376 e. The molecular weight excluding hydrogens is 420 g/mol. The van der Waals surface area contributed by atoms with Gasteiger partial charge < -0.3 is 11.1 Å². The number of alkyl halides is 1. The van der Waals surface area contributed by atoms with Crippen LogP contribution in [0.25, 0.3) is 0 Å². The molecule has 5 saturated carbocycles. The van der Waals surface area contributed by atoms with Crippen molar-refractivity contribution < 1.29 is 0 Å². The lowest BCUT2D eigenvalue weighted by atomic mass is 9.36. The molecule has 1 aromatic rings. The van der Waals surface area contributed by atoms with Crippen LogP contribution in [0.4, 0.5) is 0 Å². The maximum absolute atomic E-state index is 6.34. The first-order valence-corrected chi connectivity index (χ1v) is 13.5. The van der Waals surface area contributed by atoms with E-state index in [9.17, 15) is 0 Å². The minimum absolute atomic E-state index is 0.174. The van der Waals surface area contributed by atoms with Gasteiger partial charge in [0.05, 0.1) is 4.99 Å². The van der Waals surface area contributed by atoms with Crippen molar-refractivity contribution in [1.82, 2.24) is 5.32 Å². The first-order valence-electron chi connectivity index (χ1n) is 12.6. The Labute approximate surface area is 199 Å². The standard InChI is InChI=1S/C27H39ClN2S/c1-25(11-12-28)21-13-26(20-5-3-2-4-6-20)14-22(25)16-27(15-21,18-26)24(31)30-23-9-7-19(17-29)8-10-23/h2-6,19,21-23H,7-18,29H2,1H3,(H,30,31). The zero-order valence-electron chi connectivity index (χ0n) is 19.0. The second-order valence-corrected chi connectivity index (χ2v) is 12.5. The molecule has 0 heterocycles. The molecule has 31 heavy (non-hydrogen) atoms. The highest BCUT2D eigenvalue weighted by atomic mass is 35.5. The maximum atomic E-state index is 6.34. The monoisotopic (exact) mass is 458 g/mol. The van der Waals surface area contributed by atoms with Crippen LogP contribution in [0.3, 0.4) is 0 Å². The van der Waals surface area contributed by atoms with E-state index in [4.69, 9.17) is 29.6 Å². The molecule has 5 aliphatic rings. The van der Waals surface area contributed by atoms with Crippen LogP contribution < -0.4 is 11.1 Å². The number of hydrogen-bond donors (Lipinski definition) is 2. The number of halogens is 1. The number of nitrogens with one attached hydrogen (secondary N) is 1. The predicted molar refractivity (Wildman–Crippen MR) is 135 cm³/mol. The molecule has 0 amide bonds. The fourth-order valence-electron chi connectivity index (χ4n) is 8.29. The van der Waals surface area contributed by atoms with E-state index in [1.807, 2.05) is 0 Å². The van der Waals surface area contributed by atoms with Gasteiger partial charge in [0.2, 0.25) is 0 Å². The highest BCUT2D eigenvalue weighted by Crippen LogP contribution is 2.72. The minimum atomic E-state index is 0.174. The fraction of sp³-hybridized carbons (Fsp3) is 0.741. The summed E-state index contributed by atoms with van der Waals surface area (Å²) in [6, 6.07) is 11.9. The van der Waals surface area contributed by atoms with Crippen LogP contribution in [-0.4, -0.2) is 23.5 Å². The summed E-state index contributed by atoms with van der Waals surface area (Å²) in [5.74, 6) is 2.94. The van der Waals surface area contributed by atoms with E-state index in [1.165, 1.54) is 62.8 Å². The van der Waals surface area contributed by atoms with Crippen molar-refractivity contribution in [2.75, 3.05) is 12.4 Å². The molecule has 4 bridgehead atoms. The Morgan fingerprint density at radius 2 is 1.71 bits per heavy atom. The third kappa shape index (κ3) is 3.67. The Hall–Kier alpha value is -0.640. The van der Waals surface area contributed by atoms with Gasteiger partial charge in [0.25, 0.3) is 0 Å². The first kappa shape index (κ1) is 22.2. The van der Waals surface area contributed by atoms with Gasteiger partial charge in [-0.2, -0.15) is 0 Å². The second-order valence-electron chi connectivity index (χ2n) is 11.7. The fourth-order valence-corrected chi connectivity index (χ4v) is 9.10. The zero-order chi connectivity index (χ0) is 21.7. The highest BCUT2D eigenvalue weighted by Gasteiger charge is 2.66. The molecule has 0 aliphatic heterocycles. The molecule has 0 radical (unpaired) electrons. The molecule has 5 aliphatic carbocycles. The third-order valence-electron chi connectivity index (χ3n) is 10.1. The molecule has 0 aromatic heterocycles. The van der Waals surface area contributed by atoms with Gasteiger partial charge in [0, 0.05) is 17.3 Å². The van der Waals surface area contributed by atoms with Crippen LogP contribution in [0.2, 0.25) is 0 Å². The zero-order valence-corrected chi connectivity index (χ0v) is 20.6. The predicted octanol–water partition coefficient (Wildman–Crippen LogP) is 6.20. The Bertz CT molecular complexity index is 785. The summed E-state index contributed by atoms with van der Waals surface area (Å²) in [6.45, 7) is 3.38. The molecule has 0 spiro atoms. The normalized spacial score (nSPS) is 43.7. The van der Waals surface area contributed by atoms with Gasteiger partial charge in [-0.05, 0) is 105 Å². The molecule has 1 aromatic carbocycles. The van der Waals surface area contributed by atoms with Crippen molar-refractivity contribution >= 4 is 28.8 Å². The van der Waals surface area contributed by atoms with E-state index in [-0.39, 0.29) is 5.41 Å². The number of thiocarbonyl (C=S) groups is 1. The lowest BCUT2D eigenvalue weighted by molar-refractivity contribution is -0.134. The maximum Gasteiger partial charge on any atom is 0.0818 e. The van der Waals surface area contributed by atoms with Crippen LogP contribution in [0.5, 0.6) is 0 Å². The molecule has 0 saturated heterocycles. The van der Waals surface area contributed by atoms with E-state index in [2.05, 4.69) is 42.6 Å². The lowest BCUT2D eigenvalue weighted by Crippen LogP contribution is -2.65. The Morgan fingerprint density at radius 3 is 2.29 bits per heavy atom. The van der Waals surface area contributed by atoms with Crippen molar-refractivity contribution in [1.29, 1.82) is 0 Å². The summed E-state index contributed by atoms with van der Waals surface area (Å²) in [4.78, 5) is 1.19. The number of rotatable bonds is 6. The van der Waals surface area contributed by atoms with Crippen LogP contribution in [-0.2, 0) is 5.41 Å². The van der Waals surface area contributed by atoms with E-state index in [0.717, 1.165) is 30.7 Å². The Balaban J connectivity index is 1.42. The van der Waals surface area contributed by atoms with Crippen LogP contribution in [0.15, 0.2) is 30.3 Å². The van der Waals surface area contributed by atoms with Crippen molar-refractivity contribution in [3.8, 4) is 0 Å². The SMILES string of the molecule is CC1(CCCl)C2CC3(C(=S)NC4CCC(CN)CC4)CC1CC(c1ccccc1)(C2)C3. The molecule has 5 fully saturated rings. The van der Waals surface area contributed by atoms with E-state index in [0.29, 0.717) is 22.8 Å². The average Bonchev–Trinajstić information content (AvgIpc) is 2.78.